The monoisotopic (exact) mass is 482 g/mol. The van der Waals surface area contributed by atoms with Gasteiger partial charge in [0.25, 0.3) is 10.0 Å². The van der Waals surface area contributed by atoms with E-state index in [0.717, 1.165) is 23.8 Å². The molecule has 0 spiro atoms. The molecule has 0 unspecified atom stereocenters. The van der Waals surface area contributed by atoms with Gasteiger partial charge in [-0.05, 0) is 61.5 Å². The van der Waals surface area contributed by atoms with Gasteiger partial charge in [0.1, 0.15) is 29.6 Å². The first kappa shape index (κ1) is 23.0. The van der Waals surface area contributed by atoms with E-state index >= 15 is 0 Å². The summed E-state index contributed by atoms with van der Waals surface area (Å²) in [6, 6.07) is 17.6. The van der Waals surface area contributed by atoms with Crippen molar-refractivity contribution in [1.82, 2.24) is 4.98 Å². The van der Waals surface area contributed by atoms with E-state index in [4.69, 9.17) is 9.15 Å². The van der Waals surface area contributed by atoms with E-state index in [1.54, 1.807) is 6.92 Å². The Morgan fingerprint density at radius 3 is 2.47 bits per heavy atom. The maximum Gasteiger partial charge on any atom is 0.337 e. The first-order chi connectivity index (χ1) is 16.2. The zero-order chi connectivity index (χ0) is 24.3. The second kappa shape index (κ2) is 9.36. The Kier molecular flexibility index (Phi) is 6.33. The van der Waals surface area contributed by atoms with Crippen molar-refractivity contribution < 1.29 is 31.9 Å². The molecule has 8 nitrogen and oxygen atoms in total. The van der Waals surface area contributed by atoms with Crippen molar-refractivity contribution in [2.75, 3.05) is 4.72 Å². The summed E-state index contributed by atoms with van der Waals surface area (Å²) in [5.41, 5.74) is 0.694. The summed E-state index contributed by atoms with van der Waals surface area (Å²) < 4.78 is 52.4. The summed E-state index contributed by atoms with van der Waals surface area (Å²) in [5, 5.41) is 9.21. The molecule has 0 bridgehead atoms. The fourth-order valence-corrected chi connectivity index (χ4v) is 4.19. The lowest BCUT2D eigenvalue weighted by Crippen LogP contribution is -2.15. The second-order valence-corrected chi connectivity index (χ2v) is 8.93. The summed E-state index contributed by atoms with van der Waals surface area (Å²) in [4.78, 5) is 15.6. The van der Waals surface area contributed by atoms with Gasteiger partial charge in [-0.15, -0.1) is 0 Å². The number of sulfonamides is 1. The highest BCUT2D eigenvalue weighted by atomic mass is 32.2. The highest BCUT2D eigenvalue weighted by Crippen LogP contribution is 2.25. The molecule has 3 aromatic carbocycles. The van der Waals surface area contributed by atoms with Crippen molar-refractivity contribution >= 4 is 21.7 Å². The van der Waals surface area contributed by atoms with Gasteiger partial charge in [-0.25, -0.2) is 22.6 Å². The number of oxazole rings is 1. The molecule has 1 heterocycles. The van der Waals surface area contributed by atoms with E-state index in [1.807, 2.05) is 30.3 Å². The number of nitrogens with one attached hydrogen (secondary N) is 1. The van der Waals surface area contributed by atoms with Gasteiger partial charge in [-0.1, -0.05) is 18.2 Å². The average molecular weight is 482 g/mol. The van der Waals surface area contributed by atoms with Crippen LogP contribution >= 0.6 is 0 Å². The molecule has 10 heteroatoms. The van der Waals surface area contributed by atoms with Crippen LogP contribution in [0.1, 0.15) is 21.8 Å². The molecule has 0 saturated heterocycles. The van der Waals surface area contributed by atoms with Crippen LogP contribution in [0.15, 0.2) is 82.1 Å². The lowest BCUT2D eigenvalue weighted by Gasteiger charge is -2.11. The quantitative estimate of drug-likeness (QED) is 0.368. The summed E-state index contributed by atoms with van der Waals surface area (Å²) >= 11 is 0. The number of aromatic carboxylic acids is 1. The van der Waals surface area contributed by atoms with Gasteiger partial charge in [0.2, 0.25) is 5.89 Å². The molecule has 174 valence electrons. The van der Waals surface area contributed by atoms with E-state index in [0.29, 0.717) is 23.1 Å². The van der Waals surface area contributed by atoms with Gasteiger partial charge in [0.05, 0.1) is 16.1 Å². The van der Waals surface area contributed by atoms with Crippen LogP contribution in [-0.2, 0) is 16.6 Å². The molecule has 1 aromatic heterocycles. The number of benzene rings is 3. The zero-order valence-corrected chi connectivity index (χ0v) is 18.7. The van der Waals surface area contributed by atoms with E-state index in [-0.39, 0.29) is 22.8 Å². The zero-order valence-electron chi connectivity index (χ0n) is 17.9. The minimum atomic E-state index is -4.17. The van der Waals surface area contributed by atoms with Crippen molar-refractivity contribution in [2.24, 2.45) is 0 Å². The fraction of sp³-hybridized carbons (Fsp3) is 0.0833. The van der Waals surface area contributed by atoms with Crippen LogP contribution in [0.3, 0.4) is 0 Å². The largest absolute Gasteiger partial charge is 0.487 e. The number of carbonyl (C=O) groups is 1. The minimum Gasteiger partial charge on any atom is -0.487 e. The molecule has 0 aliphatic rings. The number of rotatable bonds is 8. The van der Waals surface area contributed by atoms with Crippen LogP contribution in [0.4, 0.5) is 10.1 Å². The number of hydrogen-bond donors (Lipinski definition) is 2. The first-order valence-electron chi connectivity index (χ1n) is 10.0. The first-order valence-corrected chi connectivity index (χ1v) is 11.5. The highest BCUT2D eigenvalue weighted by molar-refractivity contribution is 7.92. The Bertz CT molecular complexity index is 1430. The van der Waals surface area contributed by atoms with Crippen LogP contribution in [-0.4, -0.2) is 24.5 Å². The fourth-order valence-electron chi connectivity index (χ4n) is 3.12. The van der Waals surface area contributed by atoms with Crippen molar-refractivity contribution in [3.63, 3.8) is 0 Å². The molecule has 4 rings (SSSR count). The van der Waals surface area contributed by atoms with Gasteiger partial charge in [0.15, 0.2) is 0 Å². The normalized spacial score (nSPS) is 11.2. The van der Waals surface area contributed by atoms with Crippen LogP contribution in [0.25, 0.3) is 11.5 Å². The molecule has 2 N–H and O–H groups in total. The Hall–Kier alpha value is -4.18. The Labute approximate surface area is 194 Å². The number of nitrogens with zero attached hydrogens (tertiary/aromatic N) is 1. The Morgan fingerprint density at radius 2 is 1.79 bits per heavy atom. The predicted molar refractivity (Wildman–Crippen MR) is 122 cm³/mol. The molecular weight excluding hydrogens is 463 g/mol. The number of carboxylic acid groups (broad SMARTS) is 1. The van der Waals surface area contributed by atoms with E-state index in [9.17, 15) is 22.7 Å². The van der Waals surface area contributed by atoms with Crippen molar-refractivity contribution in [3.05, 3.63) is 95.6 Å². The topological polar surface area (TPSA) is 119 Å². The molecule has 0 aliphatic carbocycles. The summed E-state index contributed by atoms with van der Waals surface area (Å²) in [7, 11) is -4.17. The number of carboxylic acids is 1. The van der Waals surface area contributed by atoms with Crippen molar-refractivity contribution in [1.29, 1.82) is 0 Å². The van der Waals surface area contributed by atoms with E-state index in [1.165, 1.54) is 24.3 Å². The van der Waals surface area contributed by atoms with Gasteiger partial charge >= 0.3 is 5.97 Å². The van der Waals surface area contributed by atoms with E-state index in [2.05, 4.69) is 9.71 Å². The maximum absolute atomic E-state index is 13.5. The number of aryl methyl sites for hydroxylation is 1. The van der Waals surface area contributed by atoms with Crippen LogP contribution in [0.2, 0.25) is 0 Å². The maximum atomic E-state index is 13.5. The number of anilines is 1. The molecule has 0 fully saturated rings. The molecule has 4 aromatic rings. The SMILES string of the molecule is Cc1oc(-c2ccccc2)nc1COc1ccc(S(=O)(=O)Nc2cc(F)ccc2C(=O)O)cc1. The Balaban J connectivity index is 1.46. The van der Waals surface area contributed by atoms with Crippen molar-refractivity contribution in [2.45, 2.75) is 18.4 Å². The third kappa shape index (κ3) is 5.07. The molecule has 0 amide bonds. The van der Waals surface area contributed by atoms with Crippen LogP contribution < -0.4 is 9.46 Å². The van der Waals surface area contributed by atoms with Crippen LogP contribution in [0, 0.1) is 12.7 Å². The Morgan fingerprint density at radius 1 is 1.09 bits per heavy atom. The highest BCUT2D eigenvalue weighted by Gasteiger charge is 2.19. The number of aromatic nitrogens is 1. The lowest BCUT2D eigenvalue weighted by atomic mass is 10.2. The summed E-state index contributed by atoms with van der Waals surface area (Å²) in [6.45, 7) is 1.88. The summed E-state index contributed by atoms with van der Waals surface area (Å²) in [5.74, 6) is -0.696. The lowest BCUT2D eigenvalue weighted by molar-refractivity contribution is 0.0698. The molecule has 0 saturated carbocycles. The number of hydrogen-bond acceptors (Lipinski definition) is 6. The van der Waals surface area contributed by atoms with Crippen molar-refractivity contribution in [3.8, 4) is 17.2 Å². The standard InChI is InChI=1S/C24H19FN2O6S/c1-15-22(26-23(33-15)16-5-3-2-4-6-16)14-32-18-8-10-19(11-9-18)34(30,31)27-21-13-17(25)7-12-20(21)24(28)29/h2-13,27H,14H2,1H3,(H,28,29). The third-order valence-corrected chi connectivity index (χ3v) is 6.26. The average Bonchev–Trinajstić information content (AvgIpc) is 3.18. The molecule has 0 atom stereocenters. The molecule has 0 radical (unpaired) electrons. The molecule has 0 aliphatic heterocycles. The molecular formula is C24H19FN2O6S. The summed E-state index contributed by atoms with van der Waals surface area (Å²) in [6.07, 6.45) is 0. The smallest absolute Gasteiger partial charge is 0.337 e. The number of ether oxygens (including phenoxy) is 1. The van der Waals surface area contributed by atoms with Gasteiger partial charge in [-0.3, -0.25) is 4.72 Å². The second-order valence-electron chi connectivity index (χ2n) is 7.25. The molecule has 34 heavy (non-hydrogen) atoms. The third-order valence-electron chi connectivity index (χ3n) is 4.88. The van der Waals surface area contributed by atoms with Gasteiger partial charge in [-0.2, -0.15) is 0 Å². The van der Waals surface area contributed by atoms with Gasteiger partial charge in [0, 0.05) is 5.56 Å². The van der Waals surface area contributed by atoms with Gasteiger partial charge < -0.3 is 14.3 Å². The van der Waals surface area contributed by atoms with E-state index < -0.39 is 21.8 Å². The van der Waals surface area contributed by atoms with Crippen LogP contribution in [0.5, 0.6) is 5.75 Å². The number of halogens is 1. The minimum absolute atomic E-state index is 0.109. The predicted octanol–water partition coefficient (Wildman–Crippen LogP) is 4.87.